The fourth-order valence-corrected chi connectivity index (χ4v) is 1.46. The van der Waals surface area contributed by atoms with Gasteiger partial charge in [0, 0.05) is 16.8 Å². The number of aliphatic imine (C=N–C) groups is 1. The Morgan fingerprint density at radius 1 is 1.06 bits per heavy atom. The molecular weight excluding hydrogens is 225 g/mol. The second-order valence-electron chi connectivity index (χ2n) is 3.26. The van der Waals surface area contributed by atoms with Gasteiger partial charge < -0.3 is 0 Å². The Balaban J connectivity index is 2.25. The fourth-order valence-electron chi connectivity index (χ4n) is 1.28. The number of hydrogen-bond acceptors (Lipinski definition) is 1. The molecule has 0 unspecified atom stereocenters. The predicted octanol–water partition coefficient (Wildman–Crippen LogP) is 4.23. The lowest BCUT2D eigenvalue weighted by Gasteiger charge is -1.96. The molecule has 16 heavy (non-hydrogen) atoms. The van der Waals surface area contributed by atoms with E-state index in [1.807, 2.05) is 18.2 Å². The van der Waals surface area contributed by atoms with Crippen LogP contribution in [0.3, 0.4) is 0 Å². The minimum atomic E-state index is -0.297. The smallest absolute Gasteiger partial charge is 0.125 e. The minimum Gasteiger partial charge on any atom is -0.256 e. The van der Waals surface area contributed by atoms with Crippen LogP contribution < -0.4 is 0 Å². The molecular formula is C13H9ClFN. The van der Waals surface area contributed by atoms with Crippen LogP contribution in [0.25, 0.3) is 0 Å². The van der Waals surface area contributed by atoms with Crippen LogP contribution in [0, 0.1) is 5.82 Å². The first-order valence-electron chi connectivity index (χ1n) is 4.80. The number of nitrogens with zero attached hydrogens (tertiary/aromatic N) is 1. The van der Waals surface area contributed by atoms with Gasteiger partial charge in [0.2, 0.25) is 0 Å². The maximum Gasteiger partial charge on any atom is 0.125 e. The largest absolute Gasteiger partial charge is 0.256 e. The van der Waals surface area contributed by atoms with Gasteiger partial charge in [-0.05, 0) is 24.3 Å². The highest BCUT2D eigenvalue weighted by molar-refractivity contribution is 6.33. The Morgan fingerprint density at radius 3 is 2.62 bits per heavy atom. The quantitative estimate of drug-likeness (QED) is 0.689. The third kappa shape index (κ3) is 2.67. The molecule has 2 aromatic carbocycles. The molecule has 0 amide bonds. The molecule has 0 saturated carbocycles. The predicted molar refractivity (Wildman–Crippen MR) is 65.1 cm³/mol. The maximum absolute atomic E-state index is 12.9. The van der Waals surface area contributed by atoms with E-state index < -0.39 is 0 Å². The summed E-state index contributed by atoms with van der Waals surface area (Å²) in [4.78, 5) is 4.15. The lowest BCUT2D eigenvalue weighted by molar-refractivity contribution is 0.628. The molecule has 0 aliphatic carbocycles. The minimum absolute atomic E-state index is 0.297. The Labute approximate surface area is 98.2 Å². The molecule has 1 nitrogen and oxygen atoms in total. The Bertz CT molecular complexity index is 523. The molecule has 0 N–H and O–H groups in total. The van der Waals surface area contributed by atoms with E-state index in [2.05, 4.69) is 4.99 Å². The molecule has 2 rings (SSSR count). The van der Waals surface area contributed by atoms with E-state index in [4.69, 9.17) is 11.6 Å². The summed E-state index contributed by atoms with van der Waals surface area (Å²) in [5.41, 5.74) is 1.38. The highest BCUT2D eigenvalue weighted by Gasteiger charge is 1.95. The summed E-state index contributed by atoms with van der Waals surface area (Å²) in [6.07, 6.45) is 1.62. The van der Waals surface area contributed by atoms with Crippen LogP contribution in [0.2, 0.25) is 5.02 Å². The SMILES string of the molecule is Fc1cccc(N=Cc2ccccc2Cl)c1. The van der Waals surface area contributed by atoms with Crippen LogP contribution in [0.5, 0.6) is 0 Å². The van der Waals surface area contributed by atoms with E-state index in [0.29, 0.717) is 10.7 Å². The summed E-state index contributed by atoms with van der Waals surface area (Å²) in [6, 6.07) is 13.5. The van der Waals surface area contributed by atoms with Crippen molar-refractivity contribution in [3.8, 4) is 0 Å². The number of benzene rings is 2. The van der Waals surface area contributed by atoms with Gasteiger partial charge in [0.15, 0.2) is 0 Å². The number of hydrogen-bond donors (Lipinski definition) is 0. The first-order valence-corrected chi connectivity index (χ1v) is 5.18. The average molecular weight is 234 g/mol. The molecule has 0 fully saturated rings. The Hall–Kier alpha value is -1.67. The van der Waals surface area contributed by atoms with Crippen molar-refractivity contribution in [2.75, 3.05) is 0 Å². The number of halogens is 2. The van der Waals surface area contributed by atoms with Gasteiger partial charge in [-0.2, -0.15) is 0 Å². The molecule has 0 heterocycles. The second kappa shape index (κ2) is 4.90. The Kier molecular flexibility index (Phi) is 3.32. The van der Waals surface area contributed by atoms with Crippen LogP contribution in [-0.2, 0) is 0 Å². The molecule has 0 aliphatic rings. The average Bonchev–Trinajstić information content (AvgIpc) is 2.28. The van der Waals surface area contributed by atoms with Crippen LogP contribution in [0.15, 0.2) is 53.5 Å². The lowest BCUT2D eigenvalue weighted by atomic mass is 10.2. The molecule has 80 valence electrons. The molecule has 0 atom stereocenters. The van der Waals surface area contributed by atoms with Crippen molar-refractivity contribution in [1.82, 2.24) is 0 Å². The van der Waals surface area contributed by atoms with E-state index in [1.165, 1.54) is 12.1 Å². The van der Waals surface area contributed by atoms with E-state index in [-0.39, 0.29) is 5.82 Å². The Morgan fingerprint density at radius 2 is 1.88 bits per heavy atom. The molecule has 2 aromatic rings. The summed E-state index contributed by atoms with van der Waals surface area (Å²) < 4.78 is 12.9. The monoisotopic (exact) mass is 233 g/mol. The van der Waals surface area contributed by atoms with Crippen LogP contribution in [-0.4, -0.2) is 6.21 Å². The van der Waals surface area contributed by atoms with Crippen molar-refractivity contribution in [3.05, 3.63) is 64.9 Å². The van der Waals surface area contributed by atoms with Crippen LogP contribution in [0.1, 0.15) is 5.56 Å². The zero-order valence-electron chi connectivity index (χ0n) is 8.40. The summed E-state index contributed by atoms with van der Waals surface area (Å²) in [6.45, 7) is 0. The van der Waals surface area contributed by atoms with Crippen molar-refractivity contribution in [2.24, 2.45) is 4.99 Å². The first kappa shape index (κ1) is 10.8. The highest BCUT2D eigenvalue weighted by Crippen LogP contribution is 2.16. The normalized spacial score (nSPS) is 10.9. The topological polar surface area (TPSA) is 12.4 Å². The maximum atomic E-state index is 12.9. The summed E-state index contributed by atoms with van der Waals surface area (Å²) in [5, 5.41) is 0.627. The van der Waals surface area contributed by atoms with E-state index in [1.54, 1.807) is 24.4 Å². The second-order valence-corrected chi connectivity index (χ2v) is 3.67. The number of rotatable bonds is 2. The zero-order chi connectivity index (χ0) is 11.4. The van der Waals surface area contributed by atoms with Crippen LogP contribution >= 0.6 is 11.6 Å². The third-order valence-electron chi connectivity index (χ3n) is 2.07. The third-order valence-corrected chi connectivity index (χ3v) is 2.41. The van der Waals surface area contributed by atoms with Crippen LogP contribution in [0.4, 0.5) is 10.1 Å². The van der Waals surface area contributed by atoms with Gasteiger partial charge in [-0.1, -0.05) is 35.9 Å². The molecule has 0 radical (unpaired) electrons. The summed E-state index contributed by atoms with van der Waals surface area (Å²) >= 11 is 5.96. The lowest BCUT2D eigenvalue weighted by Crippen LogP contribution is -1.81. The standard InChI is InChI=1S/C13H9ClFN/c14-13-7-2-1-4-10(13)9-16-12-6-3-5-11(15)8-12/h1-9H. The fraction of sp³-hybridized carbons (Fsp3) is 0. The van der Waals surface area contributed by atoms with Crippen molar-refractivity contribution < 1.29 is 4.39 Å². The van der Waals surface area contributed by atoms with E-state index >= 15 is 0 Å². The summed E-state index contributed by atoms with van der Waals surface area (Å²) in [5.74, 6) is -0.297. The van der Waals surface area contributed by atoms with Crippen molar-refractivity contribution in [1.29, 1.82) is 0 Å². The van der Waals surface area contributed by atoms with Gasteiger partial charge in [0.05, 0.1) is 5.69 Å². The van der Waals surface area contributed by atoms with Crippen molar-refractivity contribution in [3.63, 3.8) is 0 Å². The molecule has 0 aliphatic heterocycles. The zero-order valence-corrected chi connectivity index (χ0v) is 9.16. The van der Waals surface area contributed by atoms with Crippen molar-refractivity contribution in [2.45, 2.75) is 0 Å². The molecule has 0 saturated heterocycles. The first-order chi connectivity index (χ1) is 7.75. The van der Waals surface area contributed by atoms with Gasteiger partial charge in [-0.15, -0.1) is 0 Å². The molecule has 3 heteroatoms. The van der Waals surface area contributed by atoms with E-state index in [9.17, 15) is 4.39 Å². The van der Waals surface area contributed by atoms with Gasteiger partial charge in [-0.25, -0.2) is 4.39 Å². The van der Waals surface area contributed by atoms with Gasteiger partial charge in [0.1, 0.15) is 5.82 Å². The molecule has 0 aromatic heterocycles. The molecule has 0 spiro atoms. The highest BCUT2D eigenvalue weighted by atomic mass is 35.5. The van der Waals surface area contributed by atoms with Crippen molar-refractivity contribution >= 4 is 23.5 Å². The van der Waals surface area contributed by atoms with Gasteiger partial charge in [0.25, 0.3) is 0 Å². The van der Waals surface area contributed by atoms with E-state index in [0.717, 1.165) is 5.56 Å². The van der Waals surface area contributed by atoms with Gasteiger partial charge in [-0.3, -0.25) is 4.99 Å². The molecule has 0 bridgehead atoms. The summed E-state index contributed by atoms with van der Waals surface area (Å²) in [7, 11) is 0. The van der Waals surface area contributed by atoms with Gasteiger partial charge >= 0.3 is 0 Å².